The van der Waals surface area contributed by atoms with E-state index in [1.807, 2.05) is 39.8 Å². The average Bonchev–Trinajstić information content (AvgIpc) is 2.90. The molecule has 0 spiro atoms. The molecule has 208 valence electrons. The summed E-state index contributed by atoms with van der Waals surface area (Å²) in [5, 5.41) is 3.46. The Morgan fingerprint density at radius 1 is 0.897 bits per heavy atom. The lowest BCUT2D eigenvalue weighted by Gasteiger charge is -2.33. The molecule has 0 radical (unpaired) electrons. The number of hydrogen-bond donors (Lipinski definition) is 1. The summed E-state index contributed by atoms with van der Waals surface area (Å²) in [6, 6.07) is 21.2. The number of carbonyl (C=O) groups is 2. The Hall–Kier alpha value is -3.36. The lowest BCUT2D eigenvalue weighted by atomic mass is 10.1. The predicted molar refractivity (Wildman–Crippen MR) is 156 cm³/mol. The first-order valence-corrected chi connectivity index (χ1v) is 14.7. The number of anilines is 1. The van der Waals surface area contributed by atoms with Crippen molar-refractivity contribution in [3.05, 3.63) is 95.0 Å². The monoisotopic (exact) mass is 569 g/mol. The van der Waals surface area contributed by atoms with Crippen LogP contribution in [0.15, 0.2) is 83.8 Å². The van der Waals surface area contributed by atoms with E-state index in [1.54, 1.807) is 61.5 Å². The zero-order valence-corrected chi connectivity index (χ0v) is 24.6. The van der Waals surface area contributed by atoms with Gasteiger partial charge in [-0.1, -0.05) is 61.0 Å². The first kappa shape index (κ1) is 30.2. The van der Waals surface area contributed by atoms with Crippen LogP contribution in [0.5, 0.6) is 0 Å². The van der Waals surface area contributed by atoms with E-state index in [9.17, 15) is 18.0 Å². The number of rotatable bonds is 10. The van der Waals surface area contributed by atoms with Crippen LogP contribution < -0.4 is 9.62 Å². The molecule has 1 N–H and O–H groups in total. The van der Waals surface area contributed by atoms with Gasteiger partial charge in [-0.2, -0.15) is 0 Å². The van der Waals surface area contributed by atoms with Crippen LogP contribution in [0.4, 0.5) is 5.69 Å². The minimum atomic E-state index is -4.09. The molecule has 0 aromatic heterocycles. The van der Waals surface area contributed by atoms with Crippen molar-refractivity contribution in [2.45, 2.75) is 64.1 Å². The normalized spacial score (nSPS) is 12.5. The number of nitrogens with zero attached hydrogens (tertiary/aromatic N) is 2. The van der Waals surface area contributed by atoms with Gasteiger partial charge in [-0.3, -0.25) is 13.9 Å². The Kier molecular flexibility index (Phi) is 9.80. The molecule has 39 heavy (non-hydrogen) atoms. The standard InChI is InChI=1S/C30H36ClN3O4S/c1-6-23-14-18-26(19-15-23)34(39(37,38)27-10-8-7-9-11-27)21-28(35)33(20-24-12-16-25(31)17-13-24)22(2)29(36)32-30(3,4)5/h7-19,22H,6,20-21H2,1-5H3,(H,32,36)/t22-/m0/s1. The van der Waals surface area contributed by atoms with E-state index in [2.05, 4.69) is 5.32 Å². The van der Waals surface area contributed by atoms with Crippen molar-refractivity contribution in [1.29, 1.82) is 0 Å². The summed E-state index contributed by atoms with van der Waals surface area (Å²) in [7, 11) is -4.09. The van der Waals surface area contributed by atoms with Crippen molar-refractivity contribution >= 4 is 39.1 Å². The molecule has 9 heteroatoms. The molecule has 0 saturated carbocycles. The van der Waals surface area contributed by atoms with E-state index in [4.69, 9.17) is 11.6 Å². The summed E-state index contributed by atoms with van der Waals surface area (Å²) in [5.74, 6) is -0.852. The van der Waals surface area contributed by atoms with E-state index in [-0.39, 0.29) is 17.3 Å². The van der Waals surface area contributed by atoms with Crippen molar-refractivity contribution < 1.29 is 18.0 Å². The fourth-order valence-corrected chi connectivity index (χ4v) is 5.55. The molecule has 3 aromatic carbocycles. The molecular formula is C30H36ClN3O4S. The largest absolute Gasteiger partial charge is 0.350 e. The van der Waals surface area contributed by atoms with Crippen LogP contribution in [0, 0.1) is 0 Å². The molecule has 2 amide bonds. The molecule has 0 aliphatic carbocycles. The van der Waals surface area contributed by atoms with Crippen molar-refractivity contribution in [3.8, 4) is 0 Å². The van der Waals surface area contributed by atoms with Crippen molar-refractivity contribution in [2.75, 3.05) is 10.8 Å². The highest BCUT2D eigenvalue weighted by atomic mass is 35.5. The first-order chi connectivity index (χ1) is 18.3. The fourth-order valence-electron chi connectivity index (χ4n) is 3.99. The second kappa shape index (κ2) is 12.7. The SMILES string of the molecule is CCc1ccc(N(CC(=O)N(Cc2ccc(Cl)cc2)[C@@H](C)C(=O)NC(C)(C)C)S(=O)(=O)c2ccccc2)cc1. The molecule has 0 heterocycles. The molecule has 0 saturated heterocycles. The number of nitrogens with one attached hydrogen (secondary N) is 1. The first-order valence-electron chi connectivity index (χ1n) is 12.8. The summed E-state index contributed by atoms with van der Waals surface area (Å²) >= 11 is 6.04. The fraction of sp³-hybridized carbons (Fsp3) is 0.333. The number of hydrogen-bond acceptors (Lipinski definition) is 4. The Labute approximate surface area is 236 Å². The lowest BCUT2D eigenvalue weighted by molar-refractivity contribution is -0.140. The third-order valence-corrected chi connectivity index (χ3v) is 8.21. The van der Waals surface area contributed by atoms with Crippen molar-refractivity contribution in [3.63, 3.8) is 0 Å². The number of halogens is 1. The van der Waals surface area contributed by atoms with Gasteiger partial charge in [-0.25, -0.2) is 8.42 Å². The average molecular weight is 570 g/mol. The topological polar surface area (TPSA) is 86.8 Å². The minimum absolute atomic E-state index is 0.0696. The van der Waals surface area contributed by atoms with E-state index < -0.39 is 34.1 Å². The van der Waals surface area contributed by atoms with E-state index >= 15 is 0 Å². The second-order valence-corrected chi connectivity index (χ2v) is 12.7. The molecular weight excluding hydrogens is 534 g/mol. The molecule has 0 fully saturated rings. The van der Waals surface area contributed by atoms with Gasteiger partial charge in [0, 0.05) is 17.1 Å². The van der Waals surface area contributed by atoms with E-state index in [0.29, 0.717) is 10.7 Å². The van der Waals surface area contributed by atoms with Gasteiger partial charge >= 0.3 is 0 Å². The molecule has 0 unspecified atom stereocenters. The smallest absolute Gasteiger partial charge is 0.264 e. The van der Waals surface area contributed by atoms with Gasteiger partial charge in [0.05, 0.1) is 10.6 Å². The summed E-state index contributed by atoms with van der Waals surface area (Å²) in [5.41, 5.74) is 1.65. The van der Waals surface area contributed by atoms with Crippen molar-refractivity contribution in [1.82, 2.24) is 10.2 Å². The van der Waals surface area contributed by atoms with E-state index in [0.717, 1.165) is 21.9 Å². The maximum atomic E-state index is 13.9. The van der Waals surface area contributed by atoms with Crippen LogP contribution in [0.25, 0.3) is 0 Å². The van der Waals surface area contributed by atoms with Crippen LogP contribution in [0.2, 0.25) is 5.02 Å². The number of amides is 2. The lowest BCUT2D eigenvalue weighted by Crippen LogP contribution is -2.54. The highest BCUT2D eigenvalue weighted by Crippen LogP contribution is 2.25. The highest BCUT2D eigenvalue weighted by molar-refractivity contribution is 7.92. The minimum Gasteiger partial charge on any atom is -0.350 e. The number of sulfonamides is 1. The van der Waals surface area contributed by atoms with Gasteiger partial charge in [0.2, 0.25) is 11.8 Å². The summed E-state index contributed by atoms with van der Waals surface area (Å²) in [6.45, 7) is 8.84. The summed E-state index contributed by atoms with van der Waals surface area (Å²) < 4.78 is 28.7. The zero-order chi connectivity index (χ0) is 28.8. The van der Waals surface area contributed by atoms with Crippen LogP contribution >= 0.6 is 11.6 Å². The Balaban J connectivity index is 2.02. The van der Waals surface area contributed by atoms with Gasteiger partial charge in [0.15, 0.2) is 0 Å². The number of benzene rings is 3. The van der Waals surface area contributed by atoms with Crippen LogP contribution in [-0.4, -0.2) is 43.3 Å². The van der Waals surface area contributed by atoms with Crippen LogP contribution in [0.3, 0.4) is 0 Å². The molecule has 0 bridgehead atoms. The summed E-state index contributed by atoms with van der Waals surface area (Å²) in [4.78, 5) is 28.5. The Morgan fingerprint density at radius 3 is 2.00 bits per heavy atom. The quantitative estimate of drug-likeness (QED) is 0.353. The molecule has 3 rings (SSSR count). The third-order valence-electron chi connectivity index (χ3n) is 6.17. The number of carbonyl (C=O) groups excluding carboxylic acids is 2. The van der Waals surface area contributed by atoms with E-state index in [1.165, 1.54) is 17.0 Å². The second-order valence-electron chi connectivity index (χ2n) is 10.4. The molecule has 0 aliphatic heterocycles. The van der Waals surface area contributed by atoms with Crippen LogP contribution in [0.1, 0.15) is 45.7 Å². The molecule has 0 aliphatic rings. The predicted octanol–water partition coefficient (Wildman–Crippen LogP) is 5.43. The zero-order valence-electron chi connectivity index (χ0n) is 23.0. The maximum Gasteiger partial charge on any atom is 0.264 e. The van der Waals surface area contributed by atoms with Gasteiger partial charge < -0.3 is 10.2 Å². The maximum absolute atomic E-state index is 13.9. The molecule has 1 atom stereocenters. The molecule has 7 nitrogen and oxygen atoms in total. The van der Waals surface area contributed by atoms with Gasteiger partial charge in [-0.15, -0.1) is 0 Å². The van der Waals surface area contributed by atoms with Crippen molar-refractivity contribution in [2.24, 2.45) is 0 Å². The molecule has 3 aromatic rings. The Bertz CT molecular complexity index is 1370. The Morgan fingerprint density at radius 2 is 1.46 bits per heavy atom. The van der Waals surface area contributed by atoms with Crippen LogP contribution in [-0.2, 0) is 32.6 Å². The highest BCUT2D eigenvalue weighted by Gasteiger charge is 2.33. The summed E-state index contributed by atoms with van der Waals surface area (Å²) in [6.07, 6.45) is 0.792. The third kappa shape index (κ3) is 8.07. The van der Waals surface area contributed by atoms with Gasteiger partial charge in [0.1, 0.15) is 12.6 Å². The number of aryl methyl sites for hydroxylation is 1. The van der Waals surface area contributed by atoms with Gasteiger partial charge in [-0.05, 0) is 81.6 Å². The van der Waals surface area contributed by atoms with Gasteiger partial charge in [0.25, 0.3) is 10.0 Å².